The molecule has 0 radical (unpaired) electrons. The van der Waals surface area contributed by atoms with Crippen LogP contribution < -0.4 is 4.90 Å². The first kappa shape index (κ1) is 15.6. The number of aliphatic hydroxyl groups excluding tert-OH is 1. The van der Waals surface area contributed by atoms with Crippen LogP contribution in [0.2, 0.25) is 0 Å². The van der Waals surface area contributed by atoms with Crippen molar-refractivity contribution in [3.63, 3.8) is 0 Å². The minimum absolute atomic E-state index is 0.0450. The summed E-state index contributed by atoms with van der Waals surface area (Å²) in [5.74, 6) is -0.526. The number of amides is 1. The summed E-state index contributed by atoms with van der Waals surface area (Å²) >= 11 is 0. The van der Waals surface area contributed by atoms with Gasteiger partial charge in [0.05, 0.1) is 18.1 Å². The highest BCUT2D eigenvalue weighted by Gasteiger charge is 2.52. The first-order chi connectivity index (χ1) is 12.3. The molecule has 25 heavy (non-hydrogen) atoms. The zero-order valence-electron chi connectivity index (χ0n) is 13.7. The third-order valence-corrected chi connectivity index (χ3v) is 4.80. The van der Waals surface area contributed by atoms with Crippen LogP contribution in [0.3, 0.4) is 0 Å². The monoisotopic (exact) mass is 329 g/mol. The molecule has 1 saturated heterocycles. The van der Waals surface area contributed by atoms with E-state index in [4.69, 9.17) is 0 Å². The van der Waals surface area contributed by atoms with Crippen molar-refractivity contribution in [2.24, 2.45) is 5.92 Å². The number of hydrogen-bond acceptors (Lipinski definition) is 2. The summed E-state index contributed by atoms with van der Waals surface area (Å²) in [6.45, 7) is 0. The molecule has 1 fully saturated rings. The van der Waals surface area contributed by atoms with Crippen molar-refractivity contribution < 1.29 is 9.90 Å². The number of carbonyl (C=O) groups excluding carboxylic acids is 1. The molecule has 0 bridgehead atoms. The minimum atomic E-state index is -0.820. The summed E-state index contributed by atoms with van der Waals surface area (Å²) < 4.78 is 0. The molecule has 3 atom stereocenters. The lowest BCUT2D eigenvalue weighted by atomic mass is 9.76. The molecule has 3 aromatic rings. The van der Waals surface area contributed by atoms with Crippen molar-refractivity contribution >= 4 is 11.6 Å². The second kappa shape index (κ2) is 6.54. The van der Waals surface area contributed by atoms with Crippen LogP contribution in [0.25, 0.3) is 0 Å². The number of rotatable bonds is 4. The van der Waals surface area contributed by atoms with Crippen molar-refractivity contribution in [3.05, 3.63) is 102 Å². The van der Waals surface area contributed by atoms with Gasteiger partial charge in [-0.3, -0.25) is 4.79 Å². The van der Waals surface area contributed by atoms with Gasteiger partial charge in [-0.25, -0.2) is 0 Å². The Morgan fingerprint density at radius 2 is 1.28 bits per heavy atom. The molecule has 0 aliphatic carbocycles. The van der Waals surface area contributed by atoms with Crippen LogP contribution in [0.1, 0.15) is 23.3 Å². The smallest absolute Gasteiger partial charge is 0.236 e. The highest BCUT2D eigenvalue weighted by molar-refractivity contribution is 6.03. The lowest BCUT2D eigenvalue weighted by Gasteiger charge is -2.49. The summed E-state index contributed by atoms with van der Waals surface area (Å²) in [5.41, 5.74) is 2.67. The second-order valence-corrected chi connectivity index (χ2v) is 6.28. The molecule has 0 spiro atoms. The third kappa shape index (κ3) is 2.73. The van der Waals surface area contributed by atoms with Gasteiger partial charge in [0.1, 0.15) is 0 Å². The predicted molar refractivity (Wildman–Crippen MR) is 98.0 cm³/mol. The molecular weight excluding hydrogens is 310 g/mol. The van der Waals surface area contributed by atoms with Gasteiger partial charge in [-0.05, 0) is 23.3 Å². The van der Waals surface area contributed by atoms with Crippen LogP contribution in [0.4, 0.5) is 5.69 Å². The first-order valence-corrected chi connectivity index (χ1v) is 8.43. The Labute approximate surface area is 147 Å². The number of para-hydroxylation sites is 1. The van der Waals surface area contributed by atoms with E-state index >= 15 is 0 Å². The second-order valence-electron chi connectivity index (χ2n) is 6.28. The topological polar surface area (TPSA) is 40.5 Å². The van der Waals surface area contributed by atoms with E-state index in [0.29, 0.717) is 0 Å². The lowest BCUT2D eigenvalue weighted by molar-refractivity contribution is -0.136. The first-order valence-electron chi connectivity index (χ1n) is 8.43. The van der Waals surface area contributed by atoms with E-state index in [2.05, 4.69) is 0 Å². The van der Waals surface area contributed by atoms with Crippen LogP contribution in [0.5, 0.6) is 0 Å². The van der Waals surface area contributed by atoms with E-state index < -0.39 is 12.0 Å². The van der Waals surface area contributed by atoms with Crippen LogP contribution in [-0.2, 0) is 4.79 Å². The standard InChI is InChI=1S/C22H19NO2/c24-21(17-12-6-2-7-13-17)19-20(16-10-4-1-5-11-16)23(22(19)25)18-14-8-3-9-15-18/h1-15,19-21,24H. The Kier molecular flexibility index (Phi) is 4.08. The van der Waals surface area contributed by atoms with Crippen LogP contribution in [-0.4, -0.2) is 11.0 Å². The Morgan fingerprint density at radius 1 is 0.760 bits per heavy atom. The van der Waals surface area contributed by atoms with Crippen LogP contribution in [0, 0.1) is 5.92 Å². The van der Waals surface area contributed by atoms with Gasteiger partial charge >= 0.3 is 0 Å². The average molecular weight is 329 g/mol. The Balaban J connectivity index is 1.73. The van der Waals surface area contributed by atoms with E-state index in [1.54, 1.807) is 4.90 Å². The molecule has 3 unspecified atom stereocenters. The molecule has 0 saturated carbocycles. The number of aliphatic hydroxyl groups is 1. The average Bonchev–Trinajstić information content (AvgIpc) is 2.68. The molecule has 3 heteroatoms. The number of β-lactam (4-membered cyclic amide) rings is 1. The third-order valence-electron chi connectivity index (χ3n) is 4.80. The Bertz CT molecular complexity index is 849. The minimum Gasteiger partial charge on any atom is -0.387 e. The molecular formula is C22H19NO2. The van der Waals surface area contributed by atoms with Crippen molar-refractivity contribution in [1.29, 1.82) is 0 Å². The summed E-state index contributed by atoms with van der Waals surface area (Å²) in [4.78, 5) is 14.7. The van der Waals surface area contributed by atoms with Gasteiger partial charge in [0.25, 0.3) is 0 Å². The maximum atomic E-state index is 12.9. The van der Waals surface area contributed by atoms with E-state index in [1.807, 2.05) is 91.0 Å². The van der Waals surface area contributed by atoms with Gasteiger partial charge in [-0.15, -0.1) is 0 Å². The molecule has 1 amide bonds. The number of nitrogens with zero attached hydrogens (tertiary/aromatic N) is 1. The summed E-state index contributed by atoms with van der Waals surface area (Å²) in [6.07, 6.45) is -0.820. The molecule has 0 aromatic heterocycles. The van der Waals surface area contributed by atoms with Gasteiger partial charge < -0.3 is 10.0 Å². The van der Waals surface area contributed by atoms with Crippen molar-refractivity contribution in [1.82, 2.24) is 0 Å². The summed E-state index contributed by atoms with van der Waals surface area (Å²) in [5, 5.41) is 10.9. The number of carbonyl (C=O) groups is 1. The Morgan fingerprint density at radius 3 is 1.88 bits per heavy atom. The van der Waals surface area contributed by atoms with Gasteiger partial charge in [0.2, 0.25) is 5.91 Å². The zero-order chi connectivity index (χ0) is 17.2. The lowest BCUT2D eigenvalue weighted by Crippen LogP contribution is -2.57. The maximum absolute atomic E-state index is 12.9. The maximum Gasteiger partial charge on any atom is 0.236 e. The summed E-state index contributed by atoms with van der Waals surface area (Å²) in [6, 6.07) is 28.8. The molecule has 3 aromatic carbocycles. The van der Waals surface area contributed by atoms with Crippen LogP contribution >= 0.6 is 0 Å². The molecule has 124 valence electrons. The van der Waals surface area contributed by atoms with Gasteiger partial charge in [-0.1, -0.05) is 78.9 Å². The van der Waals surface area contributed by atoms with Gasteiger partial charge in [-0.2, -0.15) is 0 Å². The predicted octanol–water partition coefficient (Wildman–Crippen LogP) is 4.12. The van der Waals surface area contributed by atoms with Crippen molar-refractivity contribution in [2.75, 3.05) is 4.90 Å². The number of hydrogen-bond donors (Lipinski definition) is 1. The van der Waals surface area contributed by atoms with E-state index in [0.717, 1.165) is 16.8 Å². The molecule has 1 aliphatic heterocycles. The fourth-order valence-corrected chi connectivity index (χ4v) is 3.56. The van der Waals surface area contributed by atoms with E-state index in [-0.39, 0.29) is 11.9 Å². The normalized spacial score (nSPS) is 20.8. The zero-order valence-corrected chi connectivity index (χ0v) is 13.7. The van der Waals surface area contributed by atoms with Crippen molar-refractivity contribution in [3.8, 4) is 0 Å². The van der Waals surface area contributed by atoms with Crippen LogP contribution in [0.15, 0.2) is 91.0 Å². The largest absolute Gasteiger partial charge is 0.387 e. The molecule has 4 rings (SSSR count). The molecule has 1 aliphatic rings. The number of anilines is 1. The fourth-order valence-electron chi connectivity index (χ4n) is 3.56. The van der Waals surface area contributed by atoms with Gasteiger partial charge in [0, 0.05) is 5.69 Å². The quantitative estimate of drug-likeness (QED) is 0.731. The molecule has 1 N–H and O–H groups in total. The number of benzene rings is 3. The summed E-state index contributed by atoms with van der Waals surface area (Å²) in [7, 11) is 0. The highest BCUT2D eigenvalue weighted by Crippen LogP contribution is 2.48. The molecule has 3 nitrogen and oxygen atoms in total. The Hall–Kier alpha value is -2.91. The van der Waals surface area contributed by atoms with E-state index in [1.165, 1.54) is 0 Å². The SMILES string of the molecule is O=C1C(C(O)c2ccccc2)C(c2ccccc2)N1c1ccccc1. The highest BCUT2D eigenvalue weighted by atomic mass is 16.3. The molecule has 1 heterocycles. The fraction of sp³-hybridized carbons (Fsp3) is 0.136. The van der Waals surface area contributed by atoms with E-state index in [9.17, 15) is 9.90 Å². The van der Waals surface area contributed by atoms with Crippen molar-refractivity contribution in [2.45, 2.75) is 12.1 Å². The van der Waals surface area contributed by atoms with Gasteiger partial charge in [0.15, 0.2) is 0 Å².